The number of H-pyrrole nitrogens is 1. The van der Waals surface area contributed by atoms with Crippen LogP contribution >= 0.6 is 0 Å². The van der Waals surface area contributed by atoms with Crippen molar-refractivity contribution in [3.05, 3.63) is 64.1 Å². The van der Waals surface area contributed by atoms with E-state index in [1.165, 1.54) is 11.1 Å². The Morgan fingerprint density at radius 2 is 2.00 bits per heavy atom. The highest BCUT2D eigenvalue weighted by Crippen LogP contribution is 2.66. The van der Waals surface area contributed by atoms with Crippen LogP contribution in [0, 0.1) is 34.0 Å². The van der Waals surface area contributed by atoms with Crippen molar-refractivity contribution in [1.82, 2.24) is 4.98 Å². The van der Waals surface area contributed by atoms with E-state index >= 15 is 0 Å². The van der Waals surface area contributed by atoms with Crippen LogP contribution in [0.3, 0.4) is 0 Å². The summed E-state index contributed by atoms with van der Waals surface area (Å²) in [7, 11) is 0. The Bertz CT molecular complexity index is 1330. The molecule has 1 heterocycles. The molecule has 6 atom stereocenters. The number of aromatic amines is 1. The van der Waals surface area contributed by atoms with Gasteiger partial charge < -0.3 is 15.2 Å². The van der Waals surface area contributed by atoms with Crippen LogP contribution in [0.5, 0.6) is 0 Å². The first-order chi connectivity index (χ1) is 16.3. The SMILES string of the molecule is CC12CCC3(C#N)C=C4CC(O)CCC4CC[C@]3(O)C1CC=C2c1ccc2cc[nH]c(=O)c2c1. The second kappa shape index (κ2) is 7.41. The van der Waals surface area contributed by atoms with E-state index in [0.717, 1.165) is 43.1 Å². The molecule has 5 heteroatoms. The van der Waals surface area contributed by atoms with Gasteiger partial charge in [0.05, 0.1) is 17.8 Å². The predicted molar refractivity (Wildman–Crippen MR) is 132 cm³/mol. The lowest BCUT2D eigenvalue weighted by Gasteiger charge is -2.56. The van der Waals surface area contributed by atoms with Gasteiger partial charge in [0, 0.05) is 17.5 Å². The second-order valence-corrected chi connectivity index (χ2v) is 11.3. The molecule has 176 valence electrons. The minimum Gasteiger partial charge on any atom is -0.393 e. The van der Waals surface area contributed by atoms with Crippen LogP contribution in [0.4, 0.5) is 0 Å². The van der Waals surface area contributed by atoms with Gasteiger partial charge in [-0.3, -0.25) is 4.79 Å². The summed E-state index contributed by atoms with van der Waals surface area (Å²) in [5.41, 5.74) is 1.01. The molecule has 2 saturated carbocycles. The molecule has 0 bridgehead atoms. The number of aliphatic hydroxyl groups excluding tert-OH is 1. The molecule has 6 rings (SSSR count). The Hall–Kier alpha value is -2.68. The maximum atomic E-state index is 12.4. The third-order valence-electron chi connectivity index (χ3n) is 9.77. The van der Waals surface area contributed by atoms with Crippen molar-refractivity contribution in [2.45, 2.75) is 70.0 Å². The summed E-state index contributed by atoms with van der Waals surface area (Å²) in [6, 6.07) is 10.6. The van der Waals surface area contributed by atoms with Gasteiger partial charge in [0.1, 0.15) is 5.41 Å². The number of nitrogens with zero attached hydrogens (tertiary/aromatic N) is 1. The van der Waals surface area contributed by atoms with Gasteiger partial charge in [0.25, 0.3) is 5.56 Å². The van der Waals surface area contributed by atoms with Crippen LogP contribution in [0.15, 0.2) is 53.0 Å². The molecule has 34 heavy (non-hydrogen) atoms. The Morgan fingerprint density at radius 3 is 2.82 bits per heavy atom. The molecule has 4 aliphatic carbocycles. The van der Waals surface area contributed by atoms with Crippen molar-refractivity contribution in [2.24, 2.45) is 22.7 Å². The number of aromatic nitrogens is 1. The summed E-state index contributed by atoms with van der Waals surface area (Å²) in [4.78, 5) is 15.2. The fraction of sp³-hybridized carbons (Fsp3) is 0.517. The Morgan fingerprint density at radius 1 is 1.15 bits per heavy atom. The van der Waals surface area contributed by atoms with Gasteiger partial charge in [0.2, 0.25) is 0 Å². The van der Waals surface area contributed by atoms with Gasteiger partial charge >= 0.3 is 0 Å². The third-order valence-corrected chi connectivity index (χ3v) is 9.77. The van der Waals surface area contributed by atoms with E-state index in [0.29, 0.717) is 30.6 Å². The molecule has 3 N–H and O–H groups in total. The molecule has 0 saturated heterocycles. The minimum atomic E-state index is -1.11. The van der Waals surface area contributed by atoms with Crippen molar-refractivity contribution in [3.63, 3.8) is 0 Å². The van der Waals surface area contributed by atoms with E-state index in [4.69, 9.17) is 0 Å². The van der Waals surface area contributed by atoms with E-state index < -0.39 is 11.0 Å². The molecule has 1 aromatic heterocycles. The third kappa shape index (κ3) is 2.88. The fourth-order valence-electron chi connectivity index (χ4n) is 7.85. The van der Waals surface area contributed by atoms with Gasteiger partial charge in [-0.05, 0) is 91.4 Å². The summed E-state index contributed by atoms with van der Waals surface area (Å²) in [6.45, 7) is 2.24. The lowest BCUT2D eigenvalue weighted by atomic mass is 9.49. The Labute approximate surface area is 199 Å². The molecule has 0 aliphatic heterocycles. The molecule has 5 unspecified atom stereocenters. The second-order valence-electron chi connectivity index (χ2n) is 11.3. The Kier molecular flexibility index (Phi) is 4.76. The van der Waals surface area contributed by atoms with Crippen molar-refractivity contribution in [3.8, 4) is 6.07 Å². The maximum absolute atomic E-state index is 12.4. The Balaban J connectivity index is 1.42. The average molecular weight is 457 g/mol. The minimum absolute atomic E-state index is 0.0601. The summed E-state index contributed by atoms with van der Waals surface area (Å²) < 4.78 is 0. The monoisotopic (exact) mass is 456 g/mol. The standard InChI is InChI=1S/C29H32N2O3/c1-27-11-12-28(17-30)16-21-14-22(32)5-4-18(21)8-10-29(28,34)25(27)7-6-24(27)20-3-2-19-9-13-31-26(33)23(19)15-20/h2-3,6,9,13,15-16,18,22,25,32,34H,4-5,7-8,10-12,14H2,1H3,(H,31,33)/t18?,22?,25?,27?,28?,29-/m0/s1. The fourth-order valence-corrected chi connectivity index (χ4v) is 7.85. The number of nitriles is 1. The maximum Gasteiger partial charge on any atom is 0.255 e. The molecular formula is C29H32N2O3. The van der Waals surface area contributed by atoms with Crippen LogP contribution in [-0.2, 0) is 0 Å². The molecule has 0 spiro atoms. The molecule has 1 aromatic carbocycles. The zero-order valence-electron chi connectivity index (χ0n) is 19.7. The molecular weight excluding hydrogens is 424 g/mol. The van der Waals surface area contributed by atoms with Crippen LogP contribution in [-0.4, -0.2) is 26.9 Å². The van der Waals surface area contributed by atoms with Crippen LogP contribution in [0.2, 0.25) is 0 Å². The quantitative estimate of drug-likeness (QED) is 0.534. The van der Waals surface area contributed by atoms with E-state index in [-0.39, 0.29) is 23.0 Å². The van der Waals surface area contributed by atoms with Crippen LogP contribution in [0.25, 0.3) is 16.3 Å². The number of nitrogens with one attached hydrogen (secondary N) is 1. The number of hydrogen-bond acceptors (Lipinski definition) is 4. The molecule has 0 radical (unpaired) electrons. The highest BCUT2D eigenvalue weighted by atomic mass is 16.3. The number of fused-ring (bicyclic) bond motifs is 5. The number of rotatable bonds is 1. The van der Waals surface area contributed by atoms with Crippen molar-refractivity contribution in [1.29, 1.82) is 5.26 Å². The first-order valence-electron chi connectivity index (χ1n) is 12.7. The first-order valence-corrected chi connectivity index (χ1v) is 12.7. The first kappa shape index (κ1) is 21.8. The van der Waals surface area contributed by atoms with Gasteiger partial charge in [0.15, 0.2) is 0 Å². The van der Waals surface area contributed by atoms with E-state index in [1.54, 1.807) is 6.20 Å². The van der Waals surface area contributed by atoms with E-state index in [9.17, 15) is 20.3 Å². The zero-order valence-corrected chi connectivity index (χ0v) is 19.7. The highest BCUT2D eigenvalue weighted by Gasteiger charge is 2.65. The van der Waals surface area contributed by atoms with Crippen molar-refractivity contribution >= 4 is 16.3 Å². The lowest BCUT2D eigenvalue weighted by molar-refractivity contribution is -0.143. The lowest BCUT2D eigenvalue weighted by Crippen LogP contribution is -2.59. The highest BCUT2D eigenvalue weighted by molar-refractivity contribution is 5.86. The van der Waals surface area contributed by atoms with Gasteiger partial charge in [-0.25, -0.2) is 0 Å². The largest absolute Gasteiger partial charge is 0.393 e. The summed E-state index contributed by atoms with van der Waals surface area (Å²) in [5, 5.41) is 34.8. The van der Waals surface area contributed by atoms with E-state index in [1.807, 2.05) is 18.2 Å². The average Bonchev–Trinajstić information content (AvgIpc) is 3.12. The number of allylic oxidation sites excluding steroid dienone is 2. The molecule has 4 aliphatic rings. The summed E-state index contributed by atoms with van der Waals surface area (Å²) in [6.07, 6.45) is 11.6. The zero-order chi connectivity index (χ0) is 23.7. The van der Waals surface area contributed by atoms with Gasteiger partial charge in [-0.1, -0.05) is 36.8 Å². The molecule has 5 nitrogen and oxygen atoms in total. The van der Waals surface area contributed by atoms with Crippen molar-refractivity contribution < 1.29 is 10.2 Å². The number of hydrogen-bond donors (Lipinski definition) is 3. The summed E-state index contributed by atoms with van der Waals surface area (Å²) >= 11 is 0. The van der Waals surface area contributed by atoms with Gasteiger partial charge in [-0.15, -0.1) is 0 Å². The smallest absolute Gasteiger partial charge is 0.255 e. The van der Waals surface area contributed by atoms with Gasteiger partial charge in [-0.2, -0.15) is 5.26 Å². The number of benzene rings is 1. The predicted octanol–water partition coefficient (Wildman–Crippen LogP) is 4.85. The molecule has 2 fully saturated rings. The molecule has 2 aromatic rings. The van der Waals surface area contributed by atoms with Crippen LogP contribution < -0.4 is 5.56 Å². The normalized spacial score (nSPS) is 39.2. The van der Waals surface area contributed by atoms with Crippen LogP contribution in [0.1, 0.15) is 63.9 Å². The van der Waals surface area contributed by atoms with E-state index in [2.05, 4.69) is 36.2 Å². The van der Waals surface area contributed by atoms with Crippen molar-refractivity contribution in [2.75, 3.05) is 0 Å². The number of pyridine rings is 1. The topological polar surface area (TPSA) is 97.1 Å². The molecule has 0 amide bonds. The summed E-state index contributed by atoms with van der Waals surface area (Å²) in [5.74, 6) is 0.297. The number of aliphatic hydroxyl groups is 2.